The smallest absolute Gasteiger partial charge is 0.307 e. The van der Waals surface area contributed by atoms with E-state index in [1.54, 1.807) is 0 Å². The molecule has 0 aliphatic carbocycles. The summed E-state index contributed by atoms with van der Waals surface area (Å²) in [5.41, 5.74) is 3.51. The zero-order valence-corrected chi connectivity index (χ0v) is 13.8. The van der Waals surface area contributed by atoms with Crippen LogP contribution in [0, 0.1) is 0 Å². The van der Waals surface area contributed by atoms with E-state index in [1.807, 2.05) is 6.07 Å². The third-order valence-electron chi connectivity index (χ3n) is 4.88. The first-order valence-corrected chi connectivity index (χ1v) is 8.07. The maximum absolute atomic E-state index is 12.0. The molecule has 2 aromatic rings. The quantitative estimate of drug-likeness (QED) is 0.809. The number of ether oxygens (including phenoxy) is 1. The van der Waals surface area contributed by atoms with Gasteiger partial charge in [-0.25, -0.2) is 0 Å². The van der Waals surface area contributed by atoms with Crippen molar-refractivity contribution in [3.8, 4) is 0 Å². The van der Waals surface area contributed by atoms with Crippen LogP contribution in [0.25, 0.3) is 0 Å². The van der Waals surface area contributed by atoms with Gasteiger partial charge in [-0.2, -0.15) is 0 Å². The van der Waals surface area contributed by atoms with Gasteiger partial charge in [-0.1, -0.05) is 54.6 Å². The Morgan fingerprint density at radius 2 is 1.83 bits per heavy atom. The van der Waals surface area contributed by atoms with Crippen molar-refractivity contribution in [2.75, 3.05) is 13.7 Å². The molecule has 120 valence electrons. The number of hydrogen-bond acceptors (Lipinski definition) is 3. The third kappa shape index (κ3) is 3.15. The van der Waals surface area contributed by atoms with Gasteiger partial charge >= 0.3 is 5.97 Å². The average molecular weight is 309 g/mol. The molecule has 0 amide bonds. The molecule has 2 aromatic carbocycles. The van der Waals surface area contributed by atoms with Crippen molar-refractivity contribution in [1.82, 2.24) is 4.90 Å². The minimum atomic E-state index is -0.336. The lowest BCUT2D eigenvalue weighted by molar-refractivity contribution is -0.144. The van der Waals surface area contributed by atoms with Crippen LogP contribution < -0.4 is 0 Å². The predicted molar refractivity (Wildman–Crippen MR) is 91.0 cm³/mol. The van der Waals surface area contributed by atoms with Crippen molar-refractivity contribution >= 4 is 5.97 Å². The van der Waals surface area contributed by atoms with Crippen molar-refractivity contribution in [2.24, 2.45) is 0 Å². The molecule has 0 saturated heterocycles. The molecule has 1 unspecified atom stereocenters. The second kappa shape index (κ2) is 6.55. The van der Waals surface area contributed by atoms with Crippen LogP contribution in [0.4, 0.5) is 0 Å². The Hall–Kier alpha value is -2.13. The van der Waals surface area contributed by atoms with Gasteiger partial charge in [0.05, 0.1) is 19.1 Å². The number of carbonyl (C=O) groups excluding carboxylic acids is 1. The monoisotopic (exact) mass is 309 g/mol. The van der Waals surface area contributed by atoms with Crippen LogP contribution in [0.1, 0.15) is 30.0 Å². The predicted octanol–water partition coefficient (Wildman–Crippen LogP) is 3.52. The molecule has 0 bridgehead atoms. The first kappa shape index (κ1) is 15.8. The molecule has 3 nitrogen and oxygen atoms in total. The number of nitrogens with zero attached hydrogens (tertiary/aromatic N) is 1. The molecule has 1 atom stereocenters. The number of rotatable bonds is 4. The summed E-state index contributed by atoms with van der Waals surface area (Å²) in [7, 11) is 1.46. The van der Waals surface area contributed by atoms with E-state index in [1.165, 1.54) is 23.8 Å². The van der Waals surface area contributed by atoms with Crippen molar-refractivity contribution < 1.29 is 9.53 Å². The van der Waals surface area contributed by atoms with Gasteiger partial charge < -0.3 is 4.74 Å². The normalized spacial score (nSPS) is 20.8. The van der Waals surface area contributed by atoms with Gasteiger partial charge in [0.25, 0.3) is 0 Å². The Balaban J connectivity index is 1.96. The molecule has 1 aliphatic rings. The largest absolute Gasteiger partial charge is 0.469 e. The zero-order valence-electron chi connectivity index (χ0n) is 13.8. The van der Waals surface area contributed by atoms with E-state index >= 15 is 0 Å². The Labute approximate surface area is 137 Å². The SMILES string of the molecule is COC(=O)CC1(C)c2ccccc2CCN1Cc1ccccc1. The van der Waals surface area contributed by atoms with Gasteiger partial charge in [0, 0.05) is 13.1 Å². The molecule has 1 aliphatic heterocycles. The molecule has 3 rings (SSSR count). The van der Waals surface area contributed by atoms with E-state index in [-0.39, 0.29) is 11.5 Å². The lowest BCUT2D eigenvalue weighted by Crippen LogP contribution is -2.49. The summed E-state index contributed by atoms with van der Waals surface area (Å²) in [6.07, 6.45) is 1.38. The molecule has 0 saturated carbocycles. The highest BCUT2D eigenvalue weighted by Crippen LogP contribution is 2.39. The summed E-state index contributed by atoms with van der Waals surface area (Å²) in [5.74, 6) is -0.165. The third-order valence-corrected chi connectivity index (χ3v) is 4.88. The molecule has 0 fully saturated rings. The average Bonchev–Trinajstić information content (AvgIpc) is 2.58. The summed E-state index contributed by atoms with van der Waals surface area (Å²) >= 11 is 0. The molecule has 1 heterocycles. The Kier molecular flexibility index (Phi) is 4.49. The van der Waals surface area contributed by atoms with Gasteiger partial charge in [-0.05, 0) is 30.0 Å². The molecule has 0 radical (unpaired) electrons. The van der Waals surface area contributed by atoms with Gasteiger partial charge in [0.1, 0.15) is 0 Å². The van der Waals surface area contributed by atoms with Crippen LogP contribution in [0.2, 0.25) is 0 Å². The molecule has 0 aromatic heterocycles. The number of esters is 1. The minimum Gasteiger partial charge on any atom is -0.469 e. The first-order chi connectivity index (χ1) is 11.1. The lowest BCUT2D eigenvalue weighted by atomic mass is 9.79. The molecule has 3 heteroatoms. The fourth-order valence-electron chi connectivity index (χ4n) is 3.55. The summed E-state index contributed by atoms with van der Waals surface area (Å²) < 4.78 is 4.97. The molecular weight excluding hydrogens is 286 g/mol. The number of hydrogen-bond donors (Lipinski definition) is 0. The second-order valence-electron chi connectivity index (χ2n) is 6.34. The maximum atomic E-state index is 12.0. The number of carbonyl (C=O) groups is 1. The summed E-state index contributed by atoms with van der Waals surface area (Å²) in [6.45, 7) is 3.94. The Bertz CT molecular complexity index is 683. The van der Waals surface area contributed by atoms with Gasteiger partial charge in [-0.3, -0.25) is 9.69 Å². The van der Waals surface area contributed by atoms with Crippen LogP contribution in [0.15, 0.2) is 54.6 Å². The van der Waals surface area contributed by atoms with E-state index in [0.717, 1.165) is 19.5 Å². The number of methoxy groups -OCH3 is 1. The summed E-state index contributed by atoms with van der Waals surface area (Å²) in [5, 5.41) is 0. The fourth-order valence-corrected chi connectivity index (χ4v) is 3.55. The standard InChI is InChI=1S/C20H23NO2/c1-20(14-19(22)23-2)18-11-7-6-10-17(18)12-13-21(20)15-16-8-4-3-5-9-16/h3-11H,12-15H2,1-2H3. The Morgan fingerprint density at radius 3 is 2.57 bits per heavy atom. The molecule has 0 spiro atoms. The zero-order chi connectivity index (χ0) is 16.3. The lowest BCUT2D eigenvalue weighted by Gasteiger charge is -2.45. The van der Waals surface area contributed by atoms with Gasteiger partial charge in [0.15, 0.2) is 0 Å². The van der Waals surface area contributed by atoms with E-state index in [4.69, 9.17) is 4.74 Å². The fraction of sp³-hybridized carbons (Fsp3) is 0.350. The van der Waals surface area contributed by atoms with E-state index < -0.39 is 0 Å². The van der Waals surface area contributed by atoms with E-state index in [0.29, 0.717) is 6.42 Å². The van der Waals surface area contributed by atoms with Gasteiger partial charge in [0.2, 0.25) is 0 Å². The van der Waals surface area contributed by atoms with Crippen molar-refractivity contribution in [2.45, 2.75) is 31.8 Å². The molecular formula is C20H23NO2. The van der Waals surface area contributed by atoms with Crippen LogP contribution in [0.5, 0.6) is 0 Å². The van der Waals surface area contributed by atoms with Crippen LogP contribution >= 0.6 is 0 Å². The van der Waals surface area contributed by atoms with Crippen LogP contribution in [-0.4, -0.2) is 24.5 Å². The van der Waals surface area contributed by atoms with Crippen LogP contribution in [-0.2, 0) is 28.0 Å². The Morgan fingerprint density at radius 1 is 1.13 bits per heavy atom. The minimum absolute atomic E-state index is 0.165. The van der Waals surface area contributed by atoms with Crippen molar-refractivity contribution in [3.63, 3.8) is 0 Å². The van der Waals surface area contributed by atoms with Crippen molar-refractivity contribution in [1.29, 1.82) is 0 Å². The molecule has 23 heavy (non-hydrogen) atoms. The highest BCUT2D eigenvalue weighted by Gasteiger charge is 2.40. The highest BCUT2D eigenvalue weighted by molar-refractivity contribution is 5.71. The second-order valence-corrected chi connectivity index (χ2v) is 6.34. The first-order valence-electron chi connectivity index (χ1n) is 8.07. The van der Waals surface area contributed by atoms with Gasteiger partial charge in [-0.15, -0.1) is 0 Å². The summed E-state index contributed by atoms with van der Waals surface area (Å²) in [4.78, 5) is 14.4. The maximum Gasteiger partial charge on any atom is 0.307 e. The summed E-state index contributed by atoms with van der Waals surface area (Å²) in [6, 6.07) is 18.9. The van der Waals surface area contributed by atoms with Crippen LogP contribution in [0.3, 0.4) is 0 Å². The molecule has 0 N–H and O–H groups in total. The van der Waals surface area contributed by atoms with Crippen molar-refractivity contribution in [3.05, 3.63) is 71.3 Å². The topological polar surface area (TPSA) is 29.5 Å². The number of fused-ring (bicyclic) bond motifs is 1. The van der Waals surface area contributed by atoms with E-state index in [2.05, 4.69) is 60.4 Å². The van der Waals surface area contributed by atoms with E-state index in [9.17, 15) is 4.79 Å². The highest BCUT2D eigenvalue weighted by atomic mass is 16.5. The number of benzene rings is 2.